The molecule has 19 heavy (non-hydrogen) atoms. The number of hydrogen-bond acceptors (Lipinski definition) is 3. The summed E-state index contributed by atoms with van der Waals surface area (Å²) in [5, 5.41) is 4.96. The topological polar surface area (TPSA) is 70.9 Å². The number of anilines is 1. The number of nitrogens with two attached hydrogens (primary N) is 1. The number of pyridine rings is 1. The lowest BCUT2D eigenvalue weighted by Crippen LogP contribution is -2.31. The van der Waals surface area contributed by atoms with Crippen molar-refractivity contribution in [3.05, 3.63) is 40.7 Å². The normalized spacial score (nSPS) is 12.8. The van der Waals surface area contributed by atoms with Gasteiger partial charge >= 0.3 is 0 Å². The molecule has 2 aromatic rings. The van der Waals surface area contributed by atoms with Gasteiger partial charge in [0.2, 0.25) is 0 Å². The van der Waals surface area contributed by atoms with E-state index in [4.69, 9.17) is 5.73 Å². The van der Waals surface area contributed by atoms with Crippen molar-refractivity contribution in [1.29, 1.82) is 0 Å². The van der Waals surface area contributed by atoms with Crippen LogP contribution in [0.1, 0.15) is 20.3 Å². The predicted molar refractivity (Wildman–Crippen MR) is 80.5 cm³/mol. The third-order valence-corrected chi connectivity index (χ3v) is 3.15. The molecule has 4 nitrogen and oxygen atoms in total. The second-order valence-electron chi connectivity index (χ2n) is 5.31. The van der Waals surface area contributed by atoms with Crippen molar-refractivity contribution in [2.75, 3.05) is 11.9 Å². The zero-order chi connectivity index (χ0) is 13.8. The van der Waals surface area contributed by atoms with Crippen LogP contribution in [0.2, 0.25) is 0 Å². The highest BCUT2D eigenvalue weighted by atomic mass is 16.1. The van der Waals surface area contributed by atoms with E-state index in [1.165, 1.54) is 0 Å². The Balaban J connectivity index is 2.28. The van der Waals surface area contributed by atoms with Crippen LogP contribution in [0.15, 0.2) is 35.1 Å². The molecule has 0 aliphatic rings. The van der Waals surface area contributed by atoms with Crippen molar-refractivity contribution in [1.82, 2.24) is 4.98 Å². The summed E-state index contributed by atoms with van der Waals surface area (Å²) in [6.07, 6.45) is 0.978. The maximum absolute atomic E-state index is 12.0. The summed E-state index contributed by atoms with van der Waals surface area (Å²) in [5.41, 5.74) is 5.70. The number of H-pyrrole nitrogens is 1. The van der Waals surface area contributed by atoms with E-state index in [-0.39, 0.29) is 11.6 Å². The van der Waals surface area contributed by atoms with Crippen molar-refractivity contribution in [3.63, 3.8) is 0 Å². The number of hydrogen-bond donors (Lipinski definition) is 3. The van der Waals surface area contributed by atoms with Crippen LogP contribution in [0.5, 0.6) is 0 Å². The molecule has 1 heterocycles. The first-order valence-electron chi connectivity index (χ1n) is 6.69. The molecule has 102 valence electrons. The number of benzene rings is 1. The van der Waals surface area contributed by atoms with E-state index < -0.39 is 0 Å². The monoisotopic (exact) mass is 259 g/mol. The second-order valence-corrected chi connectivity index (χ2v) is 5.31. The number of aromatic amines is 1. The standard InChI is InChI=1S/C15H21N3O/c1-10(2)7-12(9-16)17-14-8-11-5-3-4-6-13(11)15(19)18-14/h3-6,8,10,12H,7,9,16H2,1-2H3,(H2,17,18,19). The first-order chi connectivity index (χ1) is 9.10. The van der Waals surface area contributed by atoms with Crippen LogP contribution < -0.4 is 16.6 Å². The summed E-state index contributed by atoms with van der Waals surface area (Å²) in [6.45, 7) is 4.87. The molecule has 0 spiro atoms. The van der Waals surface area contributed by atoms with E-state index in [0.29, 0.717) is 17.8 Å². The molecular weight excluding hydrogens is 238 g/mol. The fourth-order valence-electron chi connectivity index (χ4n) is 2.29. The van der Waals surface area contributed by atoms with Crippen LogP contribution in [0.3, 0.4) is 0 Å². The SMILES string of the molecule is CC(C)CC(CN)Nc1cc2ccccc2c(=O)[nH]1. The smallest absolute Gasteiger partial charge is 0.257 e. The predicted octanol–water partition coefficient (Wildman–Crippen LogP) is 2.31. The van der Waals surface area contributed by atoms with Gasteiger partial charge in [-0.25, -0.2) is 0 Å². The van der Waals surface area contributed by atoms with Crippen LogP contribution in [-0.4, -0.2) is 17.6 Å². The first kappa shape index (κ1) is 13.6. The molecule has 4 N–H and O–H groups in total. The lowest BCUT2D eigenvalue weighted by molar-refractivity contribution is 0.521. The Morgan fingerprint density at radius 2 is 2.05 bits per heavy atom. The molecule has 2 rings (SSSR count). The van der Waals surface area contributed by atoms with E-state index >= 15 is 0 Å². The van der Waals surface area contributed by atoms with Gasteiger partial charge in [0.05, 0.1) is 0 Å². The lowest BCUT2D eigenvalue weighted by Gasteiger charge is -2.19. The number of aromatic nitrogens is 1. The van der Waals surface area contributed by atoms with Gasteiger partial charge in [-0.1, -0.05) is 32.0 Å². The minimum atomic E-state index is -0.0686. The summed E-state index contributed by atoms with van der Waals surface area (Å²) in [5.74, 6) is 1.30. The van der Waals surface area contributed by atoms with E-state index in [2.05, 4.69) is 24.1 Å². The van der Waals surface area contributed by atoms with Crippen LogP contribution in [-0.2, 0) is 0 Å². The largest absolute Gasteiger partial charge is 0.368 e. The van der Waals surface area contributed by atoms with Gasteiger partial charge in [0, 0.05) is 18.0 Å². The number of nitrogens with one attached hydrogen (secondary N) is 2. The quantitative estimate of drug-likeness (QED) is 0.771. The molecule has 0 aliphatic carbocycles. The summed E-state index contributed by atoms with van der Waals surface area (Å²) < 4.78 is 0. The van der Waals surface area contributed by atoms with E-state index in [1.807, 2.05) is 30.3 Å². The van der Waals surface area contributed by atoms with Crippen molar-refractivity contribution in [2.45, 2.75) is 26.3 Å². The van der Waals surface area contributed by atoms with Gasteiger partial charge in [-0.05, 0) is 29.9 Å². The summed E-state index contributed by atoms with van der Waals surface area (Å²) in [4.78, 5) is 14.8. The van der Waals surface area contributed by atoms with Gasteiger partial charge in [-0.2, -0.15) is 0 Å². The van der Waals surface area contributed by atoms with Gasteiger partial charge in [0.15, 0.2) is 0 Å². The molecule has 0 aliphatic heterocycles. The Labute approximate surface area is 113 Å². The van der Waals surface area contributed by atoms with E-state index in [0.717, 1.165) is 17.6 Å². The van der Waals surface area contributed by atoms with Crippen LogP contribution in [0.25, 0.3) is 10.8 Å². The first-order valence-corrected chi connectivity index (χ1v) is 6.69. The highest BCUT2D eigenvalue weighted by molar-refractivity contribution is 5.83. The highest BCUT2D eigenvalue weighted by Gasteiger charge is 2.10. The van der Waals surface area contributed by atoms with Crippen molar-refractivity contribution < 1.29 is 0 Å². The van der Waals surface area contributed by atoms with Gasteiger partial charge in [-0.15, -0.1) is 0 Å². The van der Waals surface area contributed by atoms with Crippen molar-refractivity contribution in [2.24, 2.45) is 11.7 Å². The molecule has 0 fully saturated rings. The molecule has 1 unspecified atom stereocenters. The van der Waals surface area contributed by atoms with Crippen LogP contribution in [0, 0.1) is 5.92 Å². The molecule has 1 atom stereocenters. The third kappa shape index (κ3) is 3.35. The average Bonchev–Trinajstić information content (AvgIpc) is 2.37. The molecule has 0 bridgehead atoms. The Morgan fingerprint density at radius 1 is 1.32 bits per heavy atom. The Hall–Kier alpha value is -1.81. The summed E-state index contributed by atoms with van der Waals surface area (Å²) in [7, 11) is 0. The van der Waals surface area contributed by atoms with Gasteiger partial charge < -0.3 is 16.0 Å². The minimum Gasteiger partial charge on any atom is -0.368 e. The second kappa shape index (κ2) is 5.89. The Bertz CT molecular complexity index is 604. The third-order valence-electron chi connectivity index (χ3n) is 3.15. The molecule has 4 heteroatoms. The van der Waals surface area contributed by atoms with Gasteiger partial charge in [-0.3, -0.25) is 4.79 Å². The number of rotatable bonds is 5. The molecular formula is C15H21N3O. The lowest BCUT2D eigenvalue weighted by atomic mass is 10.0. The zero-order valence-corrected chi connectivity index (χ0v) is 11.4. The molecule has 0 saturated heterocycles. The summed E-state index contributed by atoms with van der Waals surface area (Å²) in [6, 6.07) is 9.70. The zero-order valence-electron chi connectivity index (χ0n) is 11.4. The van der Waals surface area contributed by atoms with Crippen molar-refractivity contribution in [3.8, 4) is 0 Å². The molecule has 0 saturated carbocycles. The van der Waals surface area contributed by atoms with Crippen molar-refractivity contribution >= 4 is 16.6 Å². The van der Waals surface area contributed by atoms with Crippen LogP contribution in [0.4, 0.5) is 5.82 Å². The Morgan fingerprint density at radius 3 is 2.74 bits per heavy atom. The average molecular weight is 259 g/mol. The molecule has 1 aromatic heterocycles. The fraction of sp³-hybridized carbons (Fsp3) is 0.400. The van der Waals surface area contributed by atoms with Gasteiger partial charge in [0.1, 0.15) is 5.82 Å². The molecule has 0 amide bonds. The molecule has 0 radical (unpaired) electrons. The molecule has 1 aromatic carbocycles. The maximum Gasteiger partial charge on any atom is 0.257 e. The minimum absolute atomic E-state index is 0.0686. The van der Waals surface area contributed by atoms with Gasteiger partial charge in [0.25, 0.3) is 5.56 Å². The highest BCUT2D eigenvalue weighted by Crippen LogP contribution is 2.15. The Kier molecular flexibility index (Phi) is 4.22. The summed E-state index contributed by atoms with van der Waals surface area (Å²) >= 11 is 0. The maximum atomic E-state index is 12.0. The number of fused-ring (bicyclic) bond motifs is 1. The van der Waals surface area contributed by atoms with Crippen LogP contribution >= 0.6 is 0 Å². The fourth-order valence-corrected chi connectivity index (χ4v) is 2.29. The van der Waals surface area contributed by atoms with E-state index in [1.54, 1.807) is 0 Å². The van der Waals surface area contributed by atoms with E-state index in [9.17, 15) is 4.79 Å².